The van der Waals surface area contributed by atoms with Crippen molar-refractivity contribution in [2.75, 3.05) is 17.9 Å². The minimum atomic E-state index is -3.87. The summed E-state index contributed by atoms with van der Waals surface area (Å²) in [6, 6.07) is 10.7. The molecule has 1 amide bonds. The molecule has 1 saturated heterocycles. The Morgan fingerprint density at radius 2 is 2.00 bits per heavy atom. The van der Waals surface area contributed by atoms with Crippen LogP contribution in [0.5, 0.6) is 0 Å². The van der Waals surface area contributed by atoms with Crippen molar-refractivity contribution < 1.29 is 23.0 Å². The second kappa shape index (κ2) is 12.3. The van der Waals surface area contributed by atoms with Gasteiger partial charge >= 0.3 is 0 Å². The summed E-state index contributed by atoms with van der Waals surface area (Å²) in [7, 11) is -3.87. The summed E-state index contributed by atoms with van der Waals surface area (Å²) in [6.07, 6.45) is 1.64. The molecular weight excluding hydrogens is 506 g/mol. The van der Waals surface area contributed by atoms with Crippen molar-refractivity contribution in [1.82, 2.24) is 14.8 Å². The summed E-state index contributed by atoms with van der Waals surface area (Å²) in [6.45, 7) is 1.95. The number of likely N-dealkylation sites (tertiary alicyclic amines) is 1. The van der Waals surface area contributed by atoms with Gasteiger partial charge in [0.15, 0.2) is 11.3 Å². The third kappa shape index (κ3) is 7.75. The van der Waals surface area contributed by atoms with E-state index in [0.29, 0.717) is 24.9 Å². The lowest BCUT2D eigenvalue weighted by molar-refractivity contribution is -0.486. The molecule has 15 heteroatoms. The molecule has 3 rings (SSSR count). The molecule has 0 bridgehead atoms. The van der Waals surface area contributed by atoms with Crippen LogP contribution in [0.4, 0.5) is 5.69 Å². The molecule has 0 radical (unpaired) electrons. The highest BCUT2D eigenvalue weighted by molar-refractivity contribution is 7.91. The molecule has 0 spiro atoms. The van der Waals surface area contributed by atoms with Crippen molar-refractivity contribution in [1.29, 1.82) is 0 Å². The monoisotopic (exact) mass is 535 g/mol. The second-order valence-corrected chi connectivity index (χ2v) is 9.98. The highest BCUT2D eigenvalue weighted by atomic mass is 32.2. The Labute approximate surface area is 213 Å². The Hall–Kier alpha value is -3.98. The molecule has 4 N–H and O–H groups in total. The fourth-order valence-corrected chi connectivity index (χ4v) is 5.21. The van der Waals surface area contributed by atoms with Crippen LogP contribution in [0.2, 0.25) is 0 Å². The summed E-state index contributed by atoms with van der Waals surface area (Å²) < 4.78 is 34.2. The van der Waals surface area contributed by atoms with Gasteiger partial charge in [-0.2, -0.15) is 0 Å². The number of hydrogen-bond donors (Lipinski definition) is 3. The Morgan fingerprint density at radius 3 is 2.68 bits per heavy atom. The van der Waals surface area contributed by atoms with Gasteiger partial charge in [-0.05, 0) is 37.5 Å². The van der Waals surface area contributed by atoms with Crippen LogP contribution in [0.25, 0.3) is 0 Å². The van der Waals surface area contributed by atoms with Crippen molar-refractivity contribution in [3.8, 4) is 0 Å². The van der Waals surface area contributed by atoms with E-state index < -0.39 is 38.8 Å². The number of nitrogens with two attached hydrogens (primary N) is 1. The Kier molecular flexibility index (Phi) is 9.19. The van der Waals surface area contributed by atoms with E-state index in [1.165, 1.54) is 23.2 Å². The molecule has 2 atom stereocenters. The first kappa shape index (κ1) is 27.6. The van der Waals surface area contributed by atoms with Crippen molar-refractivity contribution in [2.24, 2.45) is 10.8 Å². The number of nitrogens with zero attached hydrogens (tertiary/aromatic N) is 4. The smallest absolute Gasteiger partial charge is 0.275 e. The quantitative estimate of drug-likeness (QED) is 0.165. The average molecular weight is 536 g/mol. The van der Waals surface area contributed by atoms with E-state index >= 15 is 0 Å². The van der Waals surface area contributed by atoms with E-state index in [-0.39, 0.29) is 30.6 Å². The second-order valence-electron chi connectivity index (χ2n) is 8.25. The molecule has 37 heavy (non-hydrogen) atoms. The van der Waals surface area contributed by atoms with E-state index in [4.69, 9.17) is 10.5 Å². The number of ether oxygens (including phenoxy) is 1. The number of hydrogen-bond acceptors (Lipinski definition) is 7. The fraction of sp³-hybridized carbons (Fsp3) is 0.409. The molecule has 200 valence electrons. The maximum Gasteiger partial charge on any atom is 0.275 e. The molecule has 14 nitrogen and oxygen atoms in total. The summed E-state index contributed by atoms with van der Waals surface area (Å²) in [4.78, 5) is 37.8. The number of guanidine groups is 1. The number of carbonyl (C=O) groups is 1. The molecule has 0 aliphatic carbocycles. The number of carbonyl (C=O) groups excluding carboxylic acids is 1. The third-order valence-corrected chi connectivity index (χ3v) is 6.77. The van der Waals surface area contributed by atoms with Gasteiger partial charge in [-0.3, -0.25) is 14.3 Å². The largest absolute Gasteiger partial charge is 0.364 e. The Balaban J connectivity index is 1.70. The summed E-state index contributed by atoms with van der Waals surface area (Å²) in [5, 5.41) is 15.8. The molecule has 0 saturated carbocycles. The zero-order valence-corrected chi connectivity index (χ0v) is 21.0. The van der Waals surface area contributed by atoms with Gasteiger partial charge < -0.3 is 25.3 Å². The summed E-state index contributed by atoms with van der Waals surface area (Å²) in [5.74, 6) is -1.19. The fourth-order valence-electron chi connectivity index (χ4n) is 4.02. The lowest BCUT2D eigenvalue weighted by Gasteiger charge is -2.40. The molecule has 1 fully saturated rings. The highest BCUT2D eigenvalue weighted by Gasteiger charge is 2.35. The first-order chi connectivity index (χ1) is 17.6. The predicted molar refractivity (Wildman–Crippen MR) is 135 cm³/mol. The minimum absolute atomic E-state index is 0.189. The van der Waals surface area contributed by atoms with Gasteiger partial charge in [0.1, 0.15) is 17.3 Å². The normalized spacial score (nSPS) is 18.3. The zero-order valence-electron chi connectivity index (χ0n) is 20.1. The predicted octanol–water partition coefficient (Wildman–Crippen LogP) is 0.240. The van der Waals surface area contributed by atoms with E-state index in [1.54, 1.807) is 37.3 Å². The van der Waals surface area contributed by atoms with Gasteiger partial charge in [-0.15, -0.1) is 0 Å². The molecule has 1 aromatic carbocycles. The zero-order chi connectivity index (χ0) is 27.0. The van der Waals surface area contributed by atoms with Gasteiger partial charge in [0.25, 0.3) is 11.5 Å². The van der Waals surface area contributed by atoms with E-state index in [1.807, 2.05) is 0 Å². The van der Waals surface area contributed by atoms with Gasteiger partial charge in [0.05, 0.1) is 11.8 Å². The minimum Gasteiger partial charge on any atom is -0.364 e. The number of hydrazone groups is 1. The standard InChI is InChI=1S/C22H29N7O7S/c1-2-36-21-18(11-7-13-28(21)22(23)25-29(32)33)24-19(30)14-27-12-6-10-17(20(27)31)26-37(34,35)15-16-8-4-3-5-9-16/h3-6,8-10,12,18,21,26H,2,7,11,13-15H2,1H3,(H2,23,25)(H,24,30)/t18-,21?/m0/s1. The number of piperidine rings is 1. The van der Waals surface area contributed by atoms with Crippen LogP contribution in [-0.4, -0.2) is 60.2 Å². The van der Waals surface area contributed by atoms with Gasteiger partial charge in [0.2, 0.25) is 15.9 Å². The van der Waals surface area contributed by atoms with Crippen LogP contribution in [0.3, 0.4) is 0 Å². The number of aromatic nitrogens is 1. The highest BCUT2D eigenvalue weighted by Crippen LogP contribution is 2.19. The van der Waals surface area contributed by atoms with Crippen LogP contribution in [0, 0.1) is 10.1 Å². The number of nitrogens with one attached hydrogen (secondary N) is 2. The van der Waals surface area contributed by atoms with Gasteiger partial charge in [-0.1, -0.05) is 30.3 Å². The first-order valence-electron chi connectivity index (χ1n) is 11.5. The molecule has 1 aromatic heterocycles. The van der Waals surface area contributed by atoms with Crippen molar-refractivity contribution >= 4 is 27.6 Å². The Bertz CT molecular complexity index is 1300. The van der Waals surface area contributed by atoms with Crippen molar-refractivity contribution in [2.45, 2.75) is 44.3 Å². The lowest BCUT2D eigenvalue weighted by Crippen LogP contribution is -2.60. The number of nitro groups is 1. The topological polar surface area (TPSA) is 191 Å². The van der Waals surface area contributed by atoms with Crippen molar-refractivity contribution in [3.63, 3.8) is 0 Å². The van der Waals surface area contributed by atoms with Crippen LogP contribution in [0.15, 0.2) is 58.6 Å². The van der Waals surface area contributed by atoms with Crippen LogP contribution in [0.1, 0.15) is 25.3 Å². The maximum atomic E-state index is 12.9. The number of benzene rings is 1. The number of amides is 1. The van der Waals surface area contributed by atoms with Crippen LogP contribution >= 0.6 is 0 Å². The molecule has 2 aromatic rings. The summed E-state index contributed by atoms with van der Waals surface area (Å²) >= 11 is 0. The lowest BCUT2D eigenvalue weighted by atomic mass is 10.0. The molecule has 2 heterocycles. The van der Waals surface area contributed by atoms with Gasteiger partial charge in [0, 0.05) is 19.3 Å². The number of rotatable bonds is 10. The van der Waals surface area contributed by atoms with E-state index in [9.17, 15) is 28.1 Å². The van der Waals surface area contributed by atoms with E-state index in [2.05, 4.69) is 15.1 Å². The molecule has 1 aliphatic heterocycles. The number of sulfonamides is 1. The van der Waals surface area contributed by atoms with E-state index in [0.717, 1.165) is 4.57 Å². The summed E-state index contributed by atoms with van der Waals surface area (Å²) in [5.41, 5.74) is 5.44. The molecule has 1 unspecified atom stereocenters. The van der Waals surface area contributed by atoms with Crippen molar-refractivity contribution in [3.05, 3.63) is 74.7 Å². The number of anilines is 1. The average Bonchev–Trinajstić information content (AvgIpc) is 2.82. The number of pyridine rings is 1. The third-order valence-electron chi connectivity index (χ3n) is 5.53. The Morgan fingerprint density at radius 1 is 1.27 bits per heavy atom. The first-order valence-corrected chi connectivity index (χ1v) is 13.1. The molecular formula is C22H29N7O7S. The maximum absolute atomic E-state index is 12.9. The van der Waals surface area contributed by atoms with Crippen LogP contribution < -0.4 is 21.3 Å². The van der Waals surface area contributed by atoms with Crippen LogP contribution in [-0.2, 0) is 31.9 Å². The molecule has 1 aliphatic rings. The SMILES string of the molecule is CCOC1[C@@H](NC(=O)Cn2cccc(NS(=O)(=O)Cc3ccccc3)c2=O)CCCN1/C(N)=N/[N+](=O)[O-]. The van der Waals surface area contributed by atoms with Gasteiger partial charge in [-0.25, -0.2) is 18.5 Å².